The Balaban J connectivity index is 2.15. The zero-order valence-electron chi connectivity index (χ0n) is 6.79. The zero-order chi connectivity index (χ0) is 8.27. The van der Waals surface area contributed by atoms with Gasteiger partial charge in [0.15, 0.2) is 0 Å². The maximum Gasteiger partial charge on any atom is 0.0795 e. The van der Waals surface area contributed by atoms with Gasteiger partial charge < -0.3 is 16.2 Å². The molecule has 1 fully saturated rings. The maximum absolute atomic E-state index is 9.38. The lowest BCUT2D eigenvalue weighted by Gasteiger charge is -2.13. The summed E-state index contributed by atoms with van der Waals surface area (Å²) in [6, 6.07) is 0.229. The second-order valence-electron chi connectivity index (χ2n) is 3.07. The predicted octanol–water partition coefficient (Wildman–Crippen LogP) is -0.600. The van der Waals surface area contributed by atoms with Crippen LogP contribution in [-0.2, 0) is 0 Å². The molecule has 3 unspecified atom stereocenters. The summed E-state index contributed by atoms with van der Waals surface area (Å²) in [5.41, 5.74) is 5.59. The number of aliphatic hydroxyl groups is 1. The molecule has 66 valence electrons. The van der Waals surface area contributed by atoms with Crippen LogP contribution in [0, 0.1) is 0 Å². The minimum absolute atomic E-state index is 0.182. The quantitative estimate of drug-likeness (QED) is 0.537. The lowest BCUT2D eigenvalue weighted by atomic mass is 10.3. The van der Waals surface area contributed by atoms with Crippen molar-refractivity contribution in [2.75, 3.05) is 18.8 Å². The number of hydrogen-bond donors (Lipinski definition) is 3. The van der Waals surface area contributed by atoms with Crippen LogP contribution in [-0.4, -0.2) is 41.3 Å². The van der Waals surface area contributed by atoms with Crippen LogP contribution in [0.4, 0.5) is 0 Å². The van der Waals surface area contributed by atoms with Gasteiger partial charge in [-0.2, -0.15) is 11.8 Å². The Kier molecular flexibility index (Phi) is 3.65. The molecule has 0 spiro atoms. The lowest BCUT2D eigenvalue weighted by molar-refractivity contribution is 0.201. The molecule has 3 atom stereocenters. The molecule has 1 saturated heterocycles. The zero-order valence-corrected chi connectivity index (χ0v) is 7.60. The highest BCUT2D eigenvalue weighted by atomic mass is 32.2. The maximum atomic E-state index is 9.38. The highest BCUT2D eigenvalue weighted by Gasteiger charge is 2.24. The summed E-state index contributed by atoms with van der Waals surface area (Å²) in [6.45, 7) is 3.64. The van der Waals surface area contributed by atoms with Crippen molar-refractivity contribution in [3.8, 4) is 0 Å². The lowest BCUT2D eigenvalue weighted by Crippen LogP contribution is -2.25. The van der Waals surface area contributed by atoms with Crippen LogP contribution >= 0.6 is 11.8 Å². The van der Waals surface area contributed by atoms with E-state index in [1.54, 1.807) is 11.8 Å². The SMILES string of the molecule is CC(N)CSC1CNCC1O. The Morgan fingerprint density at radius 1 is 1.73 bits per heavy atom. The van der Waals surface area contributed by atoms with Crippen LogP contribution in [0.2, 0.25) is 0 Å². The van der Waals surface area contributed by atoms with E-state index >= 15 is 0 Å². The Hall–Kier alpha value is 0.230. The van der Waals surface area contributed by atoms with Crippen molar-refractivity contribution in [3.05, 3.63) is 0 Å². The minimum atomic E-state index is -0.182. The van der Waals surface area contributed by atoms with Gasteiger partial charge in [-0.1, -0.05) is 0 Å². The number of rotatable bonds is 3. The smallest absolute Gasteiger partial charge is 0.0795 e. The first kappa shape index (κ1) is 9.32. The first-order chi connectivity index (χ1) is 5.20. The molecule has 0 amide bonds. The molecule has 0 radical (unpaired) electrons. The number of thioether (sulfide) groups is 1. The number of hydrogen-bond acceptors (Lipinski definition) is 4. The van der Waals surface area contributed by atoms with Crippen molar-refractivity contribution in [1.82, 2.24) is 5.32 Å². The van der Waals surface area contributed by atoms with Gasteiger partial charge in [-0.15, -0.1) is 0 Å². The van der Waals surface area contributed by atoms with Crippen molar-refractivity contribution >= 4 is 11.8 Å². The minimum Gasteiger partial charge on any atom is -0.391 e. The van der Waals surface area contributed by atoms with E-state index in [9.17, 15) is 5.11 Å². The molecular weight excluding hydrogens is 160 g/mol. The number of aliphatic hydroxyl groups excluding tert-OH is 1. The van der Waals surface area contributed by atoms with Crippen LogP contribution < -0.4 is 11.1 Å². The number of nitrogens with two attached hydrogens (primary N) is 1. The molecule has 0 aromatic carbocycles. The van der Waals surface area contributed by atoms with Crippen LogP contribution in [0.5, 0.6) is 0 Å². The largest absolute Gasteiger partial charge is 0.391 e. The summed E-state index contributed by atoms with van der Waals surface area (Å²) < 4.78 is 0. The number of β-amino-alcohol motifs (C(OH)–C–C–N with tert-alkyl or cyclic N) is 1. The van der Waals surface area contributed by atoms with Gasteiger partial charge in [0.05, 0.1) is 6.10 Å². The highest BCUT2D eigenvalue weighted by molar-refractivity contribution is 8.00. The number of nitrogens with one attached hydrogen (secondary N) is 1. The predicted molar refractivity (Wildman–Crippen MR) is 48.8 cm³/mol. The van der Waals surface area contributed by atoms with Crippen LogP contribution in [0.3, 0.4) is 0 Å². The Bertz CT molecular complexity index is 121. The van der Waals surface area contributed by atoms with Gasteiger partial charge in [0.1, 0.15) is 0 Å². The molecule has 3 nitrogen and oxygen atoms in total. The third-order valence-electron chi connectivity index (χ3n) is 1.70. The summed E-state index contributed by atoms with van der Waals surface area (Å²) in [5, 5.41) is 12.9. The van der Waals surface area contributed by atoms with Gasteiger partial charge >= 0.3 is 0 Å². The summed E-state index contributed by atoms with van der Waals surface area (Å²) in [7, 11) is 0. The second-order valence-corrected chi connectivity index (χ2v) is 4.35. The van der Waals surface area contributed by atoms with E-state index in [1.807, 2.05) is 6.92 Å². The van der Waals surface area contributed by atoms with E-state index in [0.717, 1.165) is 18.8 Å². The van der Waals surface area contributed by atoms with E-state index in [0.29, 0.717) is 5.25 Å². The molecule has 0 saturated carbocycles. The second kappa shape index (κ2) is 4.30. The Labute approximate surface area is 71.7 Å². The molecular formula is C7H16N2OS. The van der Waals surface area contributed by atoms with E-state index in [-0.39, 0.29) is 12.1 Å². The standard InChI is InChI=1S/C7H16N2OS/c1-5(8)4-11-7-3-9-2-6(7)10/h5-7,9-10H,2-4,8H2,1H3. The molecule has 1 aliphatic heterocycles. The molecule has 0 bridgehead atoms. The third-order valence-corrected chi connectivity index (χ3v) is 3.33. The summed E-state index contributed by atoms with van der Waals surface area (Å²) in [4.78, 5) is 0. The molecule has 0 aromatic heterocycles. The third kappa shape index (κ3) is 2.99. The Morgan fingerprint density at radius 3 is 2.91 bits per heavy atom. The van der Waals surface area contributed by atoms with Crippen molar-refractivity contribution in [2.24, 2.45) is 5.73 Å². The summed E-state index contributed by atoms with van der Waals surface area (Å²) >= 11 is 1.76. The van der Waals surface area contributed by atoms with Gasteiger partial charge in [-0.05, 0) is 6.92 Å². The van der Waals surface area contributed by atoms with Gasteiger partial charge in [-0.3, -0.25) is 0 Å². The molecule has 1 heterocycles. The average molecular weight is 176 g/mol. The van der Waals surface area contributed by atoms with Crippen molar-refractivity contribution in [1.29, 1.82) is 0 Å². The first-order valence-corrected chi connectivity index (χ1v) is 5.01. The fourth-order valence-corrected chi connectivity index (χ4v) is 2.19. The topological polar surface area (TPSA) is 58.3 Å². The monoisotopic (exact) mass is 176 g/mol. The fraction of sp³-hybridized carbons (Fsp3) is 1.00. The molecule has 0 aromatic rings. The van der Waals surface area contributed by atoms with Gasteiger partial charge in [0, 0.05) is 30.1 Å². The van der Waals surface area contributed by atoms with E-state index < -0.39 is 0 Å². The molecule has 4 N–H and O–H groups in total. The van der Waals surface area contributed by atoms with Crippen molar-refractivity contribution in [3.63, 3.8) is 0 Å². The fourth-order valence-electron chi connectivity index (χ4n) is 1.09. The Morgan fingerprint density at radius 2 is 2.45 bits per heavy atom. The van der Waals surface area contributed by atoms with Gasteiger partial charge in [0.25, 0.3) is 0 Å². The van der Waals surface area contributed by atoms with Crippen molar-refractivity contribution < 1.29 is 5.11 Å². The molecule has 4 heteroatoms. The van der Waals surface area contributed by atoms with Gasteiger partial charge in [-0.25, -0.2) is 0 Å². The van der Waals surface area contributed by atoms with Crippen LogP contribution in [0.1, 0.15) is 6.92 Å². The summed E-state index contributed by atoms with van der Waals surface area (Å²) in [5.74, 6) is 0.934. The van der Waals surface area contributed by atoms with Gasteiger partial charge in [0.2, 0.25) is 0 Å². The van der Waals surface area contributed by atoms with Crippen LogP contribution in [0.15, 0.2) is 0 Å². The van der Waals surface area contributed by atoms with E-state index in [1.165, 1.54) is 0 Å². The first-order valence-electron chi connectivity index (χ1n) is 3.96. The normalized spacial score (nSPS) is 34.1. The summed E-state index contributed by atoms with van der Waals surface area (Å²) in [6.07, 6.45) is -0.182. The molecule has 11 heavy (non-hydrogen) atoms. The molecule has 0 aliphatic carbocycles. The van der Waals surface area contributed by atoms with E-state index in [2.05, 4.69) is 5.32 Å². The van der Waals surface area contributed by atoms with Crippen LogP contribution in [0.25, 0.3) is 0 Å². The molecule has 1 rings (SSSR count). The average Bonchev–Trinajstić information content (AvgIpc) is 2.31. The molecule has 1 aliphatic rings. The van der Waals surface area contributed by atoms with Crippen molar-refractivity contribution in [2.45, 2.75) is 24.3 Å². The van der Waals surface area contributed by atoms with E-state index in [4.69, 9.17) is 5.73 Å². The highest BCUT2D eigenvalue weighted by Crippen LogP contribution is 2.18.